The van der Waals surface area contributed by atoms with Gasteiger partial charge in [0.25, 0.3) is 0 Å². The lowest BCUT2D eigenvalue weighted by molar-refractivity contribution is -0.146. The minimum atomic E-state index is -0.605. The summed E-state index contributed by atoms with van der Waals surface area (Å²) >= 11 is 0. The molecule has 0 radical (unpaired) electrons. The largest absolute Gasteiger partial charge is 0.481 e. The van der Waals surface area contributed by atoms with E-state index in [4.69, 9.17) is 0 Å². The summed E-state index contributed by atoms with van der Waals surface area (Å²) < 4.78 is 0. The van der Waals surface area contributed by atoms with Gasteiger partial charge >= 0.3 is 5.97 Å². The first kappa shape index (κ1) is 26.0. The van der Waals surface area contributed by atoms with Crippen LogP contribution < -0.4 is 15.8 Å². The van der Waals surface area contributed by atoms with Crippen LogP contribution in [0.4, 0.5) is 0 Å². The van der Waals surface area contributed by atoms with Gasteiger partial charge in [-0.2, -0.15) is 0 Å². The number of fused-ring (bicyclic) bond motifs is 2. The summed E-state index contributed by atoms with van der Waals surface area (Å²) in [5, 5.41) is 16.0. The lowest BCUT2D eigenvalue weighted by Gasteiger charge is -2.48. The zero-order chi connectivity index (χ0) is 24.9. The van der Waals surface area contributed by atoms with Gasteiger partial charge in [0.15, 0.2) is 0 Å². The summed E-state index contributed by atoms with van der Waals surface area (Å²) in [5.74, 6) is 0.0943. The Kier molecular flexibility index (Phi) is 8.75. The number of hydrogen-bond acceptors (Lipinski definition) is 3. The minimum Gasteiger partial charge on any atom is -0.481 e. The SMILES string of the molecule is C/C=c1/cc(CN2C3CCCC2CC(C(=O)O)C3)cc/c1=C/C(NC1CCC(C)CC1)=C(C)CC. The average molecular weight is 479 g/mol. The fourth-order valence-corrected chi connectivity index (χ4v) is 6.51. The summed E-state index contributed by atoms with van der Waals surface area (Å²) in [5.41, 5.74) is 4.06. The van der Waals surface area contributed by atoms with Crippen LogP contribution in [-0.4, -0.2) is 34.1 Å². The molecule has 3 fully saturated rings. The number of hydrogen-bond donors (Lipinski definition) is 2. The van der Waals surface area contributed by atoms with E-state index in [9.17, 15) is 9.90 Å². The number of carbonyl (C=O) groups is 1. The number of aliphatic carboxylic acids is 1. The van der Waals surface area contributed by atoms with Crippen molar-refractivity contribution in [2.45, 2.75) is 117 Å². The molecule has 1 aromatic rings. The molecule has 2 aliphatic heterocycles. The van der Waals surface area contributed by atoms with Gasteiger partial charge in [0.05, 0.1) is 5.92 Å². The molecule has 1 aromatic carbocycles. The van der Waals surface area contributed by atoms with Crippen molar-refractivity contribution >= 4 is 18.1 Å². The number of benzene rings is 1. The monoisotopic (exact) mass is 478 g/mol. The van der Waals surface area contributed by atoms with Crippen molar-refractivity contribution in [1.82, 2.24) is 10.2 Å². The maximum absolute atomic E-state index is 11.6. The predicted molar refractivity (Wildman–Crippen MR) is 145 cm³/mol. The molecule has 0 spiro atoms. The summed E-state index contributed by atoms with van der Waals surface area (Å²) in [4.78, 5) is 14.2. The van der Waals surface area contributed by atoms with Crippen LogP contribution >= 0.6 is 0 Å². The second-order valence-corrected chi connectivity index (χ2v) is 11.5. The fourth-order valence-electron chi connectivity index (χ4n) is 6.51. The van der Waals surface area contributed by atoms with Gasteiger partial charge in [0.2, 0.25) is 0 Å². The van der Waals surface area contributed by atoms with Gasteiger partial charge in [-0.05, 0) is 99.6 Å². The second kappa shape index (κ2) is 11.8. The highest BCUT2D eigenvalue weighted by Crippen LogP contribution is 2.38. The highest BCUT2D eigenvalue weighted by Gasteiger charge is 2.40. The van der Waals surface area contributed by atoms with Crippen molar-refractivity contribution in [3.8, 4) is 0 Å². The van der Waals surface area contributed by atoms with Crippen LogP contribution in [0.2, 0.25) is 0 Å². The van der Waals surface area contributed by atoms with Crippen molar-refractivity contribution in [3.63, 3.8) is 0 Å². The first-order chi connectivity index (χ1) is 16.9. The first-order valence-corrected chi connectivity index (χ1v) is 14.1. The Bertz CT molecular complexity index is 1020. The van der Waals surface area contributed by atoms with Crippen LogP contribution in [0.25, 0.3) is 12.2 Å². The van der Waals surface area contributed by atoms with Crippen LogP contribution in [-0.2, 0) is 11.3 Å². The van der Waals surface area contributed by atoms with Crippen LogP contribution in [0, 0.1) is 11.8 Å². The van der Waals surface area contributed by atoms with Crippen LogP contribution in [0.1, 0.15) is 97.5 Å². The zero-order valence-electron chi connectivity index (χ0n) is 22.4. The average Bonchev–Trinajstić information content (AvgIpc) is 2.84. The van der Waals surface area contributed by atoms with E-state index in [2.05, 4.69) is 68.3 Å². The molecule has 2 bridgehead atoms. The summed E-state index contributed by atoms with van der Waals surface area (Å²) in [6, 6.07) is 8.34. The zero-order valence-corrected chi connectivity index (χ0v) is 22.4. The first-order valence-electron chi connectivity index (χ1n) is 14.1. The Labute approximate surface area is 212 Å². The quantitative estimate of drug-likeness (QED) is 0.556. The van der Waals surface area contributed by atoms with Crippen LogP contribution in [0.5, 0.6) is 0 Å². The molecule has 2 unspecified atom stereocenters. The van der Waals surface area contributed by atoms with E-state index in [1.807, 2.05) is 0 Å². The third-order valence-electron chi connectivity index (χ3n) is 8.97. The van der Waals surface area contributed by atoms with Gasteiger partial charge in [0.1, 0.15) is 0 Å². The third kappa shape index (κ3) is 6.39. The lowest BCUT2D eigenvalue weighted by Crippen LogP contribution is -2.52. The number of carboxylic acid groups (broad SMARTS) is 1. The van der Waals surface area contributed by atoms with Crippen molar-refractivity contribution in [3.05, 3.63) is 45.5 Å². The summed E-state index contributed by atoms with van der Waals surface area (Å²) in [7, 11) is 0. The third-order valence-corrected chi connectivity index (χ3v) is 8.97. The molecular weight excluding hydrogens is 432 g/mol. The molecule has 192 valence electrons. The number of allylic oxidation sites excluding steroid dienone is 2. The van der Waals surface area contributed by atoms with Gasteiger partial charge in [0, 0.05) is 30.4 Å². The van der Waals surface area contributed by atoms with E-state index in [-0.39, 0.29) is 5.92 Å². The molecule has 2 N–H and O–H groups in total. The normalized spacial score (nSPS) is 31.3. The second-order valence-electron chi connectivity index (χ2n) is 11.5. The number of nitrogens with one attached hydrogen (secondary N) is 1. The van der Waals surface area contributed by atoms with Gasteiger partial charge < -0.3 is 10.4 Å². The maximum atomic E-state index is 11.6. The van der Waals surface area contributed by atoms with E-state index in [0.29, 0.717) is 18.1 Å². The molecule has 4 nitrogen and oxygen atoms in total. The fraction of sp³-hybridized carbons (Fsp3) is 0.645. The van der Waals surface area contributed by atoms with Gasteiger partial charge in [-0.3, -0.25) is 9.69 Å². The molecule has 0 aromatic heterocycles. The molecule has 35 heavy (non-hydrogen) atoms. The smallest absolute Gasteiger partial charge is 0.306 e. The van der Waals surface area contributed by atoms with Crippen LogP contribution in [0.15, 0.2) is 29.5 Å². The molecule has 2 heterocycles. The lowest BCUT2D eigenvalue weighted by atomic mass is 9.78. The number of carboxylic acids is 1. The number of rotatable bonds is 7. The van der Waals surface area contributed by atoms with Crippen molar-refractivity contribution in [2.24, 2.45) is 11.8 Å². The molecule has 2 atom stereocenters. The van der Waals surface area contributed by atoms with E-state index >= 15 is 0 Å². The van der Waals surface area contributed by atoms with E-state index in [0.717, 1.165) is 44.6 Å². The van der Waals surface area contributed by atoms with Crippen molar-refractivity contribution in [2.75, 3.05) is 0 Å². The Balaban J connectivity index is 1.54. The van der Waals surface area contributed by atoms with Gasteiger partial charge in [-0.15, -0.1) is 0 Å². The molecule has 1 saturated carbocycles. The highest BCUT2D eigenvalue weighted by molar-refractivity contribution is 5.70. The predicted octanol–water partition coefficient (Wildman–Crippen LogP) is 5.34. The summed E-state index contributed by atoms with van der Waals surface area (Å²) in [6.07, 6.45) is 15.9. The molecule has 3 aliphatic rings. The Morgan fingerprint density at radius 1 is 1.09 bits per heavy atom. The number of nitrogens with zero attached hydrogens (tertiary/aromatic N) is 1. The number of piperidine rings is 2. The van der Waals surface area contributed by atoms with Crippen molar-refractivity contribution in [1.29, 1.82) is 0 Å². The van der Waals surface area contributed by atoms with Crippen molar-refractivity contribution < 1.29 is 9.90 Å². The molecule has 0 amide bonds. The molecule has 4 heteroatoms. The maximum Gasteiger partial charge on any atom is 0.306 e. The van der Waals surface area contributed by atoms with Gasteiger partial charge in [-0.1, -0.05) is 50.1 Å². The Morgan fingerprint density at radius 2 is 1.77 bits per heavy atom. The van der Waals surface area contributed by atoms with E-state index < -0.39 is 5.97 Å². The Morgan fingerprint density at radius 3 is 2.37 bits per heavy atom. The van der Waals surface area contributed by atoms with E-state index in [1.54, 1.807) is 0 Å². The molecule has 1 aliphatic carbocycles. The highest BCUT2D eigenvalue weighted by atomic mass is 16.4. The molecule has 2 saturated heterocycles. The minimum absolute atomic E-state index is 0.162. The summed E-state index contributed by atoms with van der Waals surface area (Å²) in [6.45, 7) is 9.94. The molecule has 4 rings (SSSR count). The Hall–Kier alpha value is -2.07. The standard InChI is InChI=1S/C31H46N2O2/c1-5-22(4)30(32-27-14-10-21(3)11-15-27)19-25-13-12-23(16-24(25)6-2)20-33-28-8-7-9-29(33)18-26(17-28)31(34)35/h6,12-13,16,19,21,26-29,32H,5,7-11,14-15,17-18,20H2,1-4H3,(H,34,35)/b24-6-,25-19-,30-22?. The van der Waals surface area contributed by atoms with Gasteiger partial charge in [-0.25, -0.2) is 0 Å². The molecular formula is C31H46N2O2. The topological polar surface area (TPSA) is 52.6 Å². The van der Waals surface area contributed by atoms with Crippen LogP contribution in [0.3, 0.4) is 0 Å². The van der Waals surface area contributed by atoms with E-state index in [1.165, 1.54) is 59.4 Å².